The molecule has 5 heteroatoms. The first-order valence-electron chi connectivity index (χ1n) is 9.75. The molecule has 1 unspecified atom stereocenters. The lowest BCUT2D eigenvalue weighted by Crippen LogP contribution is -2.29. The maximum atomic E-state index is 11.3. The number of hydrogen-bond donors (Lipinski definition) is 0. The predicted molar refractivity (Wildman–Crippen MR) is 109 cm³/mol. The third kappa shape index (κ3) is 14.1. The van der Waals surface area contributed by atoms with Gasteiger partial charge in [0.15, 0.2) is 0 Å². The molecule has 148 valence electrons. The summed E-state index contributed by atoms with van der Waals surface area (Å²) < 4.78 is 28.6. The smallest absolute Gasteiger partial charge is 0.148 e. The Kier molecular flexibility index (Phi) is 13.9. The number of allylic oxidation sites excluding steroid dienone is 2. The van der Waals surface area contributed by atoms with Gasteiger partial charge in [-0.15, -0.1) is 0 Å². The first-order chi connectivity index (χ1) is 11.9. The van der Waals surface area contributed by atoms with Crippen molar-refractivity contribution < 1.29 is 13.2 Å². The summed E-state index contributed by atoms with van der Waals surface area (Å²) in [5.41, 5.74) is 0. The second-order valence-electron chi connectivity index (χ2n) is 6.67. The van der Waals surface area contributed by atoms with Crippen LogP contribution in [0, 0.1) is 5.92 Å². The van der Waals surface area contributed by atoms with Gasteiger partial charge in [-0.3, -0.25) is 4.90 Å². The lowest BCUT2D eigenvalue weighted by molar-refractivity contribution is 0.164. The van der Waals surface area contributed by atoms with E-state index in [0.717, 1.165) is 38.3 Å². The summed E-state index contributed by atoms with van der Waals surface area (Å²) in [6.45, 7) is 11.5. The van der Waals surface area contributed by atoms with Crippen LogP contribution in [0.25, 0.3) is 0 Å². The van der Waals surface area contributed by atoms with Crippen molar-refractivity contribution in [1.82, 2.24) is 4.90 Å². The average molecular weight is 374 g/mol. The molecule has 0 rings (SSSR count). The third-order valence-electron chi connectivity index (χ3n) is 4.31. The molecule has 0 aliphatic heterocycles. The Balaban J connectivity index is 4.48. The summed E-state index contributed by atoms with van der Waals surface area (Å²) in [7, 11) is -2.91. The average Bonchev–Trinajstić information content (AvgIpc) is 2.56. The molecule has 0 radical (unpaired) electrons. The summed E-state index contributed by atoms with van der Waals surface area (Å²) in [4.78, 5) is 2.12. The van der Waals surface area contributed by atoms with E-state index in [1.165, 1.54) is 25.5 Å². The minimum absolute atomic E-state index is 0.207. The summed E-state index contributed by atoms with van der Waals surface area (Å²) in [6, 6.07) is 0. The molecule has 0 amide bonds. The van der Waals surface area contributed by atoms with Crippen molar-refractivity contribution in [2.45, 2.75) is 59.8 Å². The van der Waals surface area contributed by atoms with Gasteiger partial charge in [0.1, 0.15) is 15.6 Å². The molecule has 0 fully saturated rings. The van der Waals surface area contributed by atoms with E-state index >= 15 is 0 Å². The Bertz CT molecular complexity index is 483. The third-order valence-corrected chi connectivity index (χ3v) is 5.23. The zero-order chi connectivity index (χ0) is 19.1. The zero-order valence-electron chi connectivity index (χ0n) is 17.0. The number of hydrogen-bond acceptors (Lipinski definition) is 4. The monoisotopic (exact) mass is 373 g/mol. The molecule has 0 saturated carbocycles. The Labute approximate surface area is 156 Å². The minimum atomic E-state index is -2.91. The van der Waals surface area contributed by atoms with E-state index in [1.807, 2.05) is 6.08 Å². The van der Waals surface area contributed by atoms with Crippen LogP contribution >= 0.6 is 0 Å². The van der Waals surface area contributed by atoms with Gasteiger partial charge in [-0.25, -0.2) is 8.42 Å². The molecule has 0 aliphatic rings. The van der Waals surface area contributed by atoms with Gasteiger partial charge in [0, 0.05) is 19.3 Å². The standard InChI is InChI=1S/C20H39NO3S/c1-6-10-13-19(8-3)18-24-20(12-7-2)14-11-15-21(9-4)16-17-25(5,22)23/h11-12,14,19H,6-10,13,15-18H2,1-5H3/b14-11-,20-12+. The van der Waals surface area contributed by atoms with E-state index in [4.69, 9.17) is 4.74 Å². The van der Waals surface area contributed by atoms with Crippen LogP contribution in [0.2, 0.25) is 0 Å². The van der Waals surface area contributed by atoms with Crippen molar-refractivity contribution in [3.8, 4) is 0 Å². The van der Waals surface area contributed by atoms with Crippen LogP contribution < -0.4 is 0 Å². The van der Waals surface area contributed by atoms with E-state index in [-0.39, 0.29) is 5.75 Å². The number of ether oxygens (including phenoxy) is 1. The van der Waals surface area contributed by atoms with Crippen molar-refractivity contribution in [2.75, 3.05) is 38.2 Å². The van der Waals surface area contributed by atoms with E-state index in [0.29, 0.717) is 12.5 Å². The Morgan fingerprint density at radius 2 is 1.92 bits per heavy atom. The fourth-order valence-corrected chi connectivity index (χ4v) is 3.07. The van der Waals surface area contributed by atoms with Crippen molar-refractivity contribution in [3.05, 3.63) is 24.0 Å². The van der Waals surface area contributed by atoms with Crippen LogP contribution in [-0.2, 0) is 14.6 Å². The molecule has 0 bridgehead atoms. The molecular weight excluding hydrogens is 334 g/mol. The van der Waals surface area contributed by atoms with E-state index < -0.39 is 9.84 Å². The molecule has 0 aromatic rings. The fourth-order valence-electron chi connectivity index (χ4n) is 2.48. The van der Waals surface area contributed by atoms with Crippen LogP contribution in [0.5, 0.6) is 0 Å². The molecule has 25 heavy (non-hydrogen) atoms. The van der Waals surface area contributed by atoms with E-state index in [1.54, 1.807) is 0 Å². The molecule has 0 saturated heterocycles. The highest BCUT2D eigenvalue weighted by molar-refractivity contribution is 7.90. The molecular formula is C20H39NO3S. The van der Waals surface area contributed by atoms with Crippen LogP contribution in [0.1, 0.15) is 59.8 Å². The SMILES string of the molecule is CC/C=C(\C=C/CN(CC)CCS(C)(=O)=O)OCC(CC)CCCC. The number of rotatable bonds is 15. The Morgan fingerprint density at radius 1 is 1.20 bits per heavy atom. The molecule has 0 aliphatic carbocycles. The summed E-state index contributed by atoms with van der Waals surface area (Å²) >= 11 is 0. The maximum Gasteiger partial charge on any atom is 0.148 e. The first kappa shape index (κ1) is 24.2. The molecule has 0 heterocycles. The number of unbranched alkanes of at least 4 members (excludes halogenated alkanes) is 1. The van der Waals surface area contributed by atoms with Crippen molar-refractivity contribution in [2.24, 2.45) is 5.92 Å². The maximum absolute atomic E-state index is 11.3. The summed E-state index contributed by atoms with van der Waals surface area (Å²) in [5, 5.41) is 0. The highest BCUT2D eigenvalue weighted by Crippen LogP contribution is 2.15. The second-order valence-corrected chi connectivity index (χ2v) is 8.93. The lowest BCUT2D eigenvalue weighted by Gasteiger charge is -2.18. The predicted octanol–water partition coefficient (Wildman–Crippen LogP) is 4.44. The first-order valence-corrected chi connectivity index (χ1v) is 11.8. The van der Waals surface area contributed by atoms with E-state index in [9.17, 15) is 8.42 Å². The van der Waals surface area contributed by atoms with Gasteiger partial charge < -0.3 is 4.74 Å². The van der Waals surface area contributed by atoms with Gasteiger partial charge in [-0.2, -0.15) is 0 Å². The topological polar surface area (TPSA) is 46.6 Å². The molecule has 0 spiro atoms. The highest BCUT2D eigenvalue weighted by atomic mass is 32.2. The van der Waals surface area contributed by atoms with E-state index in [2.05, 4.69) is 44.7 Å². The molecule has 0 N–H and O–H groups in total. The van der Waals surface area contributed by atoms with Crippen molar-refractivity contribution >= 4 is 9.84 Å². The summed E-state index contributed by atoms with van der Waals surface area (Å²) in [6.07, 6.45) is 13.3. The normalized spacial score (nSPS) is 14.4. The second kappa shape index (κ2) is 14.4. The minimum Gasteiger partial charge on any atom is -0.494 e. The molecule has 4 nitrogen and oxygen atoms in total. The Morgan fingerprint density at radius 3 is 2.44 bits per heavy atom. The molecule has 0 aromatic heterocycles. The van der Waals surface area contributed by atoms with Gasteiger partial charge in [-0.1, -0.05) is 53.0 Å². The van der Waals surface area contributed by atoms with Gasteiger partial charge in [-0.05, 0) is 37.5 Å². The fraction of sp³-hybridized carbons (Fsp3) is 0.800. The van der Waals surface area contributed by atoms with Crippen molar-refractivity contribution in [3.63, 3.8) is 0 Å². The number of sulfone groups is 1. The highest BCUT2D eigenvalue weighted by Gasteiger charge is 2.08. The van der Waals surface area contributed by atoms with Gasteiger partial charge >= 0.3 is 0 Å². The quantitative estimate of drug-likeness (QED) is 0.314. The molecule has 0 aromatic carbocycles. The Hall–Kier alpha value is -0.810. The van der Waals surface area contributed by atoms with Crippen LogP contribution in [0.4, 0.5) is 0 Å². The van der Waals surface area contributed by atoms with Crippen molar-refractivity contribution in [1.29, 1.82) is 0 Å². The van der Waals surface area contributed by atoms with Crippen LogP contribution in [0.3, 0.4) is 0 Å². The number of likely N-dealkylation sites (N-methyl/N-ethyl adjacent to an activating group) is 1. The van der Waals surface area contributed by atoms with Gasteiger partial charge in [0.05, 0.1) is 12.4 Å². The largest absolute Gasteiger partial charge is 0.494 e. The van der Waals surface area contributed by atoms with Gasteiger partial charge in [0.2, 0.25) is 0 Å². The van der Waals surface area contributed by atoms with Gasteiger partial charge in [0.25, 0.3) is 0 Å². The lowest BCUT2D eigenvalue weighted by atomic mass is 10.0. The zero-order valence-corrected chi connectivity index (χ0v) is 17.8. The number of nitrogens with zero attached hydrogens (tertiary/aromatic N) is 1. The molecule has 1 atom stereocenters. The summed E-state index contributed by atoms with van der Waals surface area (Å²) in [5.74, 6) is 1.76. The van der Waals surface area contributed by atoms with Crippen LogP contribution in [-0.4, -0.2) is 51.6 Å². The van der Waals surface area contributed by atoms with Crippen LogP contribution in [0.15, 0.2) is 24.0 Å².